The minimum atomic E-state index is -0.219. The van der Waals surface area contributed by atoms with Crippen LogP contribution in [0.4, 0.5) is 0 Å². The molecular formula is C27H35N. The van der Waals surface area contributed by atoms with Crippen LogP contribution in [-0.4, -0.2) is 17.5 Å². The maximum Gasteiger partial charge on any atom is 0.0608 e. The van der Waals surface area contributed by atoms with Crippen molar-refractivity contribution in [1.29, 1.82) is 0 Å². The molecule has 0 radical (unpaired) electrons. The lowest BCUT2D eigenvalue weighted by atomic mass is 9.72. The molecule has 0 aromatic heterocycles. The molecule has 0 saturated carbocycles. The summed E-state index contributed by atoms with van der Waals surface area (Å²) in [5.74, 6) is 0. The molecule has 2 unspecified atom stereocenters. The fourth-order valence-corrected chi connectivity index (χ4v) is 3.50. The van der Waals surface area contributed by atoms with E-state index in [1.165, 1.54) is 0 Å². The van der Waals surface area contributed by atoms with Gasteiger partial charge in [0.25, 0.3) is 0 Å². The van der Waals surface area contributed by atoms with Crippen LogP contribution in [0.3, 0.4) is 0 Å². The zero-order valence-corrected chi connectivity index (χ0v) is 18.0. The Hall–Kier alpha value is -2.80. The van der Waals surface area contributed by atoms with E-state index in [0.717, 1.165) is 29.0 Å². The Balaban J connectivity index is 0.00000190. The second kappa shape index (κ2) is 11.1. The van der Waals surface area contributed by atoms with Gasteiger partial charge in [-0.2, -0.15) is 0 Å². The molecule has 0 fully saturated rings. The van der Waals surface area contributed by atoms with E-state index < -0.39 is 0 Å². The monoisotopic (exact) mass is 373 g/mol. The van der Waals surface area contributed by atoms with Crippen molar-refractivity contribution in [3.63, 3.8) is 0 Å². The van der Waals surface area contributed by atoms with Crippen LogP contribution in [0.15, 0.2) is 122 Å². The Labute approximate surface area is 172 Å². The molecule has 0 spiro atoms. The van der Waals surface area contributed by atoms with E-state index in [4.69, 9.17) is 0 Å². The molecule has 0 amide bonds. The first-order valence-corrected chi connectivity index (χ1v) is 9.96. The van der Waals surface area contributed by atoms with Crippen LogP contribution in [-0.2, 0) is 0 Å². The van der Waals surface area contributed by atoms with Crippen LogP contribution in [0.2, 0.25) is 0 Å². The molecule has 1 aliphatic carbocycles. The molecule has 1 aliphatic heterocycles. The van der Waals surface area contributed by atoms with Gasteiger partial charge in [0.05, 0.1) is 6.04 Å². The molecule has 1 heterocycles. The van der Waals surface area contributed by atoms with Gasteiger partial charge in [-0.05, 0) is 36.6 Å². The quantitative estimate of drug-likeness (QED) is 0.458. The average molecular weight is 374 g/mol. The van der Waals surface area contributed by atoms with Crippen LogP contribution in [0.25, 0.3) is 0 Å². The van der Waals surface area contributed by atoms with Gasteiger partial charge in [0, 0.05) is 17.7 Å². The maximum absolute atomic E-state index is 4.43. The Morgan fingerprint density at radius 1 is 1.18 bits per heavy atom. The van der Waals surface area contributed by atoms with Crippen molar-refractivity contribution in [3.8, 4) is 0 Å². The van der Waals surface area contributed by atoms with Gasteiger partial charge in [-0.25, -0.2) is 0 Å². The topological polar surface area (TPSA) is 3.24 Å². The standard InChI is InChI=1S/C25H29N.C2H6/c1-7-14-21(8-2)22-15-13-18-26(23(9-3)10-4)24-16-11-12-17-25(24,6)20(5)19-22;1-2/h7-17,19,24H,1-3,5,18H2,4,6H3;1-2H3/b15-13-,21-14+,22-19+,23-10+;. The summed E-state index contributed by atoms with van der Waals surface area (Å²) >= 11 is 0. The maximum atomic E-state index is 4.43. The van der Waals surface area contributed by atoms with Gasteiger partial charge in [0.2, 0.25) is 0 Å². The molecule has 148 valence electrons. The van der Waals surface area contributed by atoms with Crippen molar-refractivity contribution in [2.45, 2.75) is 33.7 Å². The van der Waals surface area contributed by atoms with E-state index in [1.54, 1.807) is 6.08 Å². The summed E-state index contributed by atoms with van der Waals surface area (Å²) in [6.07, 6.45) is 24.8. The molecular weight excluding hydrogens is 338 g/mol. The summed E-state index contributed by atoms with van der Waals surface area (Å²) in [7, 11) is 0. The lowest BCUT2D eigenvalue weighted by molar-refractivity contribution is 0.230. The number of fused-ring (bicyclic) bond motifs is 1. The van der Waals surface area contributed by atoms with Gasteiger partial charge in [-0.3, -0.25) is 0 Å². The van der Waals surface area contributed by atoms with Crippen molar-refractivity contribution in [1.82, 2.24) is 4.90 Å². The molecule has 2 rings (SSSR count). The first-order chi connectivity index (χ1) is 13.5. The van der Waals surface area contributed by atoms with Gasteiger partial charge in [-0.15, -0.1) is 0 Å². The first kappa shape index (κ1) is 23.2. The molecule has 0 aromatic rings. The molecule has 0 saturated heterocycles. The summed E-state index contributed by atoms with van der Waals surface area (Å²) in [6.45, 7) is 25.3. The normalized spacial score (nSPS) is 27.7. The van der Waals surface area contributed by atoms with Gasteiger partial charge in [-0.1, -0.05) is 107 Å². The van der Waals surface area contributed by atoms with E-state index in [0.29, 0.717) is 0 Å². The number of hydrogen-bond acceptors (Lipinski definition) is 1. The van der Waals surface area contributed by atoms with Crippen molar-refractivity contribution < 1.29 is 0 Å². The van der Waals surface area contributed by atoms with Crippen molar-refractivity contribution in [2.75, 3.05) is 6.54 Å². The third-order valence-corrected chi connectivity index (χ3v) is 5.11. The highest BCUT2D eigenvalue weighted by Gasteiger charge is 2.38. The van der Waals surface area contributed by atoms with E-state index in [-0.39, 0.29) is 11.5 Å². The van der Waals surface area contributed by atoms with E-state index in [1.807, 2.05) is 39.0 Å². The Bertz CT molecular complexity index is 779. The highest BCUT2D eigenvalue weighted by molar-refractivity contribution is 5.53. The minimum Gasteiger partial charge on any atom is -0.360 e. The molecule has 2 atom stereocenters. The molecule has 1 heteroatoms. The predicted molar refractivity (Wildman–Crippen MR) is 127 cm³/mol. The fourth-order valence-electron chi connectivity index (χ4n) is 3.50. The summed E-state index contributed by atoms with van der Waals surface area (Å²) < 4.78 is 0. The second-order valence-corrected chi connectivity index (χ2v) is 6.63. The molecule has 0 aromatic carbocycles. The van der Waals surface area contributed by atoms with E-state index in [2.05, 4.69) is 86.7 Å². The Morgan fingerprint density at radius 3 is 2.46 bits per heavy atom. The summed E-state index contributed by atoms with van der Waals surface area (Å²) in [5, 5.41) is 0. The summed E-state index contributed by atoms with van der Waals surface area (Å²) in [5.41, 5.74) is 4.09. The molecule has 1 nitrogen and oxygen atoms in total. The van der Waals surface area contributed by atoms with Crippen LogP contribution in [0.5, 0.6) is 0 Å². The predicted octanol–water partition coefficient (Wildman–Crippen LogP) is 7.26. The van der Waals surface area contributed by atoms with Gasteiger partial charge in [0.15, 0.2) is 0 Å². The van der Waals surface area contributed by atoms with Crippen molar-refractivity contribution >= 4 is 0 Å². The Kier molecular flexibility index (Phi) is 9.24. The second-order valence-electron chi connectivity index (χ2n) is 6.63. The first-order valence-electron chi connectivity index (χ1n) is 9.96. The molecule has 2 aliphatic rings. The zero-order valence-electron chi connectivity index (χ0n) is 18.0. The number of allylic oxidation sites excluding steroid dienone is 11. The minimum absolute atomic E-state index is 0.167. The highest BCUT2D eigenvalue weighted by Crippen LogP contribution is 2.41. The summed E-state index contributed by atoms with van der Waals surface area (Å²) in [4.78, 5) is 2.37. The van der Waals surface area contributed by atoms with Gasteiger partial charge < -0.3 is 4.90 Å². The Morgan fingerprint density at radius 2 is 1.89 bits per heavy atom. The smallest absolute Gasteiger partial charge is 0.0608 e. The lowest BCUT2D eigenvalue weighted by Gasteiger charge is -2.44. The number of nitrogens with zero attached hydrogens (tertiary/aromatic N) is 1. The summed E-state index contributed by atoms with van der Waals surface area (Å²) in [6, 6.07) is 0.167. The van der Waals surface area contributed by atoms with Crippen LogP contribution >= 0.6 is 0 Å². The largest absolute Gasteiger partial charge is 0.360 e. The van der Waals surface area contributed by atoms with E-state index in [9.17, 15) is 0 Å². The van der Waals surface area contributed by atoms with Gasteiger partial charge >= 0.3 is 0 Å². The van der Waals surface area contributed by atoms with Crippen molar-refractivity contribution in [3.05, 3.63) is 122 Å². The lowest BCUT2D eigenvalue weighted by Crippen LogP contribution is -2.45. The van der Waals surface area contributed by atoms with E-state index >= 15 is 0 Å². The number of hydrogen-bond donors (Lipinski definition) is 0. The third-order valence-electron chi connectivity index (χ3n) is 5.11. The van der Waals surface area contributed by atoms with Crippen molar-refractivity contribution in [2.24, 2.45) is 5.41 Å². The van der Waals surface area contributed by atoms with Gasteiger partial charge in [0.1, 0.15) is 0 Å². The van der Waals surface area contributed by atoms with Crippen LogP contribution in [0.1, 0.15) is 27.7 Å². The molecule has 0 bridgehead atoms. The van der Waals surface area contributed by atoms with Crippen LogP contribution in [0, 0.1) is 5.41 Å². The highest BCUT2D eigenvalue weighted by atomic mass is 15.2. The molecule has 0 N–H and O–H groups in total. The fraction of sp³-hybridized carbons (Fsp3) is 0.259. The number of rotatable bonds is 5. The average Bonchev–Trinajstić information content (AvgIpc) is 2.77. The zero-order chi connectivity index (χ0) is 21.2. The SMILES string of the molecule is C=C/C=C(C=C)/C1=C/C(=C)C2(C)C=CC=CC2N(/C(C=C)=C/C)C/C=C\1.CC. The third kappa shape index (κ3) is 4.92. The molecule has 28 heavy (non-hydrogen) atoms. The van der Waals surface area contributed by atoms with Crippen LogP contribution < -0.4 is 0 Å².